The highest BCUT2D eigenvalue weighted by Crippen LogP contribution is 2.44. The van der Waals surface area contributed by atoms with Gasteiger partial charge in [-0.15, -0.1) is 0 Å². The van der Waals surface area contributed by atoms with Gasteiger partial charge >= 0.3 is 0 Å². The Balaban J connectivity index is 2.54. The number of nitrogens with zero attached hydrogens (tertiary/aromatic N) is 1. The fourth-order valence-corrected chi connectivity index (χ4v) is 2.61. The van der Waals surface area contributed by atoms with Crippen LogP contribution >= 0.6 is 15.9 Å². The maximum Gasteiger partial charge on any atom is 0.136 e. The van der Waals surface area contributed by atoms with E-state index in [0.717, 1.165) is 0 Å². The summed E-state index contributed by atoms with van der Waals surface area (Å²) in [5.41, 5.74) is -0.645. The van der Waals surface area contributed by atoms with Crippen LogP contribution in [0.2, 0.25) is 0 Å². The van der Waals surface area contributed by atoms with Crippen molar-refractivity contribution in [2.24, 2.45) is 0 Å². The van der Waals surface area contributed by atoms with Crippen molar-refractivity contribution in [3.8, 4) is 6.07 Å². The highest BCUT2D eigenvalue weighted by Gasteiger charge is 2.48. The van der Waals surface area contributed by atoms with Gasteiger partial charge in [-0.05, 0) is 12.1 Å². The van der Waals surface area contributed by atoms with Crippen LogP contribution in [0.1, 0.15) is 18.4 Å². The molecule has 2 nitrogen and oxygen atoms in total. The molecule has 15 heavy (non-hydrogen) atoms. The third-order valence-corrected chi connectivity index (χ3v) is 3.31. The third-order valence-electron chi connectivity index (χ3n) is 2.65. The predicted octanol–water partition coefficient (Wildman–Crippen LogP) is 2.71. The zero-order chi connectivity index (χ0) is 11.1. The van der Waals surface area contributed by atoms with E-state index in [2.05, 4.69) is 22.0 Å². The Kier molecular flexibility index (Phi) is 2.35. The topological polar surface area (TPSA) is 40.9 Å². The van der Waals surface area contributed by atoms with E-state index in [1.807, 2.05) is 0 Å². The monoisotopic (exact) mass is 267 g/mol. The second kappa shape index (κ2) is 3.42. The Morgan fingerprint density at radius 2 is 2.13 bits per heavy atom. The summed E-state index contributed by atoms with van der Waals surface area (Å²) in [6, 6.07) is 6.60. The molecule has 4 heteroatoms. The molecular formula is C11H7BrFNO. The zero-order valence-electron chi connectivity index (χ0n) is 7.76. The second-order valence-electron chi connectivity index (χ2n) is 3.68. The van der Waals surface area contributed by atoms with Crippen LogP contribution in [0.3, 0.4) is 0 Å². The van der Waals surface area contributed by atoms with E-state index in [-0.39, 0.29) is 18.6 Å². The van der Waals surface area contributed by atoms with Crippen molar-refractivity contribution in [1.82, 2.24) is 0 Å². The first kappa shape index (κ1) is 10.3. The molecule has 0 aliphatic heterocycles. The van der Waals surface area contributed by atoms with Crippen molar-refractivity contribution < 1.29 is 9.18 Å². The van der Waals surface area contributed by atoms with Gasteiger partial charge in [-0.3, -0.25) is 4.79 Å². The summed E-state index contributed by atoms with van der Waals surface area (Å²) >= 11 is 3.22. The molecule has 0 unspecified atom stereocenters. The van der Waals surface area contributed by atoms with Gasteiger partial charge in [0.15, 0.2) is 0 Å². The van der Waals surface area contributed by atoms with E-state index < -0.39 is 11.2 Å². The molecular weight excluding hydrogens is 261 g/mol. The van der Waals surface area contributed by atoms with Crippen molar-refractivity contribution in [3.05, 3.63) is 34.1 Å². The zero-order valence-corrected chi connectivity index (χ0v) is 9.34. The summed E-state index contributed by atoms with van der Waals surface area (Å²) in [5, 5.41) is 9.07. The van der Waals surface area contributed by atoms with E-state index in [9.17, 15) is 9.18 Å². The Morgan fingerprint density at radius 1 is 1.47 bits per heavy atom. The first-order chi connectivity index (χ1) is 7.09. The van der Waals surface area contributed by atoms with E-state index in [0.29, 0.717) is 10.0 Å². The number of benzene rings is 1. The second-order valence-corrected chi connectivity index (χ2v) is 4.54. The van der Waals surface area contributed by atoms with Crippen LogP contribution in [0.4, 0.5) is 4.39 Å². The van der Waals surface area contributed by atoms with Crippen molar-refractivity contribution in [2.45, 2.75) is 18.3 Å². The van der Waals surface area contributed by atoms with Gasteiger partial charge in [0.1, 0.15) is 11.6 Å². The highest BCUT2D eigenvalue weighted by atomic mass is 79.9. The van der Waals surface area contributed by atoms with Gasteiger partial charge in [0.2, 0.25) is 0 Å². The molecule has 1 aromatic rings. The molecule has 0 radical (unpaired) electrons. The highest BCUT2D eigenvalue weighted by molar-refractivity contribution is 9.10. The molecule has 1 fully saturated rings. The Hall–Kier alpha value is -1.21. The molecule has 0 saturated heterocycles. The molecule has 0 N–H and O–H groups in total. The molecule has 0 amide bonds. The number of halogens is 2. The predicted molar refractivity (Wildman–Crippen MR) is 55.6 cm³/mol. The van der Waals surface area contributed by atoms with E-state index >= 15 is 0 Å². The lowest BCUT2D eigenvalue weighted by atomic mass is 9.64. The number of nitriles is 1. The fraction of sp³-hybridized carbons (Fsp3) is 0.273. The molecule has 0 heterocycles. The first-order valence-electron chi connectivity index (χ1n) is 4.46. The van der Waals surface area contributed by atoms with Crippen molar-refractivity contribution >= 4 is 21.7 Å². The van der Waals surface area contributed by atoms with E-state index in [1.165, 1.54) is 6.07 Å². The van der Waals surface area contributed by atoms with Gasteiger partial charge in [-0.2, -0.15) is 5.26 Å². The molecule has 1 aromatic carbocycles. The average Bonchev–Trinajstić information content (AvgIpc) is 2.14. The minimum Gasteiger partial charge on any atom is -0.300 e. The normalized spacial score (nSPS) is 18.1. The minimum absolute atomic E-state index is 0.00621. The average molecular weight is 268 g/mol. The molecule has 0 spiro atoms. The Bertz CT molecular complexity index is 450. The SMILES string of the molecule is N#CC1(c2c(F)cccc2Br)CC(=O)C1. The van der Waals surface area contributed by atoms with E-state index in [4.69, 9.17) is 5.26 Å². The molecule has 2 rings (SSSR count). The first-order valence-corrected chi connectivity index (χ1v) is 5.26. The van der Waals surface area contributed by atoms with Crippen LogP contribution in [0.5, 0.6) is 0 Å². The number of ketones is 1. The maximum atomic E-state index is 13.6. The van der Waals surface area contributed by atoms with Crippen LogP contribution in [-0.2, 0) is 10.2 Å². The number of carbonyl (C=O) groups excluding carboxylic acids is 1. The number of Topliss-reactive ketones (excluding diaryl/α,β-unsaturated/α-hetero) is 1. The molecule has 1 saturated carbocycles. The lowest BCUT2D eigenvalue weighted by Crippen LogP contribution is -2.41. The molecule has 0 bridgehead atoms. The van der Waals surface area contributed by atoms with E-state index in [1.54, 1.807) is 12.1 Å². The summed E-state index contributed by atoms with van der Waals surface area (Å²) in [5.74, 6) is -0.426. The van der Waals surface area contributed by atoms with Gasteiger partial charge in [-0.25, -0.2) is 4.39 Å². The van der Waals surface area contributed by atoms with Crippen molar-refractivity contribution in [2.75, 3.05) is 0 Å². The fourth-order valence-electron chi connectivity index (χ4n) is 1.89. The third kappa shape index (κ3) is 1.47. The van der Waals surface area contributed by atoms with Gasteiger partial charge in [0.05, 0.1) is 11.5 Å². The minimum atomic E-state index is -0.957. The molecule has 0 aromatic heterocycles. The van der Waals surface area contributed by atoms with Gasteiger partial charge in [0, 0.05) is 22.9 Å². The summed E-state index contributed by atoms with van der Waals surface area (Å²) in [4.78, 5) is 11.0. The quantitative estimate of drug-likeness (QED) is 0.785. The van der Waals surface area contributed by atoms with Crippen LogP contribution < -0.4 is 0 Å². The smallest absolute Gasteiger partial charge is 0.136 e. The number of hydrogen-bond acceptors (Lipinski definition) is 2. The lowest BCUT2D eigenvalue weighted by molar-refractivity contribution is -0.126. The number of rotatable bonds is 1. The van der Waals surface area contributed by atoms with Gasteiger partial charge in [-0.1, -0.05) is 22.0 Å². The summed E-state index contributed by atoms with van der Waals surface area (Å²) in [6.45, 7) is 0. The van der Waals surface area contributed by atoms with Crippen LogP contribution in [-0.4, -0.2) is 5.78 Å². The molecule has 76 valence electrons. The Labute approximate surface area is 94.8 Å². The largest absolute Gasteiger partial charge is 0.300 e. The Morgan fingerprint density at radius 3 is 2.60 bits per heavy atom. The number of hydrogen-bond donors (Lipinski definition) is 0. The van der Waals surface area contributed by atoms with Crippen LogP contribution in [0, 0.1) is 17.1 Å². The summed E-state index contributed by atoms with van der Waals surface area (Å²) in [7, 11) is 0. The van der Waals surface area contributed by atoms with Crippen LogP contribution in [0.25, 0.3) is 0 Å². The number of carbonyl (C=O) groups is 1. The lowest BCUT2D eigenvalue weighted by Gasteiger charge is -2.34. The standard InChI is InChI=1S/C11H7BrFNO/c12-8-2-1-3-9(13)10(8)11(6-14)4-7(15)5-11/h1-3H,4-5H2. The van der Waals surface area contributed by atoms with Gasteiger partial charge < -0.3 is 0 Å². The summed E-state index contributed by atoms with van der Waals surface area (Å²) < 4.78 is 14.1. The summed E-state index contributed by atoms with van der Waals surface area (Å²) in [6.07, 6.45) is 0.228. The molecule has 1 aliphatic rings. The van der Waals surface area contributed by atoms with Gasteiger partial charge in [0.25, 0.3) is 0 Å². The van der Waals surface area contributed by atoms with Crippen molar-refractivity contribution in [3.63, 3.8) is 0 Å². The molecule has 1 aliphatic carbocycles. The molecule has 0 atom stereocenters. The van der Waals surface area contributed by atoms with Crippen LogP contribution in [0.15, 0.2) is 22.7 Å². The van der Waals surface area contributed by atoms with Crippen molar-refractivity contribution in [1.29, 1.82) is 5.26 Å². The maximum absolute atomic E-state index is 13.6.